The molecule has 0 unspecified atom stereocenters. The lowest BCUT2D eigenvalue weighted by molar-refractivity contribution is 0.186. The van der Waals surface area contributed by atoms with Crippen molar-refractivity contribution in [2.75, 3.05) is 19.5 Å². The van der Waals surface area contributed by atoms with Crippen molar-refractivity contribution in [2.24, 2.45) is 0 Å². The van der Waals surface area contributed by atoms with Gasteiger partial charge in [0.1, 0.15) is 0 Å². The van der Waals surface area contributed by atoms with Gasteiger partial charge in [0.2, 0.25) is 0 Å². The molecule has 2 aromatic rings. The highest BCUT2D eigenvalue weighted by atomic mass is 16.5. The van der Waals surface area contributed by atoms with Gasteiger partial charge in [-0.3, -0.25) is 9.36 Å². The average molecular weight is 301 g/mol. The number of aromatic nitrogens is 2. The maximum absolute atomic E-state index is 12.9. The van der Waals surface area contributed by atoms with Crippen LogP contribution in [0.2, 0.25) is 0 Å². The number of rotatable bonds is 4. The van der Waals surface area contributed by atoms with Crippen molar-refractivity contribution in [3.05, 3.63) is 34.4 Å². The van der Waals surface area contributed by atoms with Crippen LogP contribution in [0.4, 0.5) is 5.69 Å². The highest BCUT2D eigenvalue weighted by Gasteiger charge is 2.22. The zero-order valence-corrected chi connectivity index (χ0v) is 13.0. The van der Waals surface area contributed by atoms with E-state index in [2.05, 4.69) is 4.98 Å². The van der Waals surface area contributed by atoms with Crippen LogP contribution in [0.5, 0.6) is 0 Å². The monoisotopic (exact) mass is 301 g/mol. The van der Waals surface area contributed by atoms with Gasteiger partial charge >= 0.3 is 0 Å². The number of nitrogen functional groups attached to an aromatic ring is 1. The van der Waals surface area contributed by atoms with Crippen molar-refractivity contribution >= 4 is 16.6 Å². The molecule has 0 bridgehead atoms. The minimum absolute atomic E-state index is 0.00470. The lowest BCUT2D eigenvalue weighted by Crippen LogP contribution is -2.24. The Morgan fingerprint density at radius 3 is 2.82 bits per heavy atom. The third-order valence-electron chi connectivity index (χ3n) is 4.62. The zero-order valence-electron chi connectivity index (χ0n) is 13.0. The Balaban J connectivity index is 2.16. The quantitative estimate of drug-likeness (QED) is 0.881. The molecule has 0 saturated heterocycles. The Kier molecular flexibility index (Phi) is 4.43. The smallest absolute Gasteiger partial charge is 0.261 e. The third kappa shape index (κ3) is 2.73. The molecule has 118 valence electrons. The molecule has 0 radical (unpaired) electrons. The van der Waals surface area contributed by atoms with E-state index < -0.39 is 0 Å². The van der Waals surface area contributed by atoms with E-state index in [9.17, 15) is 4.79 Å². The third-order valence-corrected chi connectivity index (χ3v) is 4.62. The first-order chi connectivity index (χ1) is 10.7. The molecular formula is C17H23N3O2. The van der Waals surface area contributed by atoms with E-state index in [0.717, 1.165) is 29.6 Å². The Hall–Kier alpha value is -1.88. The number of benzene rings is 1. The van der Waals surface area contributed by atoms with E-state index in [0.29, 0.717) is 24.5 Å². The first kappa shape index (κ1) is 15.0. The molecule has 1 aromatic carbocycles. The lowest BCUT2D eigenvalue weighted by Gasteiger charge is -2.24. The minimum Gasteiger partial charge on any atom is -0.398 e. The number of anilines is 1. The van der Waals surface area contributed by atoms with Crippen LogP contribution in [-0.2, 0) is 11.3 Å². The predicted molar refractivity (Wildman–Crippen MR) is 88.1 cm³/mol. The molecule has 1 aromatic heterocycles. The van der Waals surface area contributed by atoms with Gasteiger partial charge in [-0.2, -0.15) is 0 Å². The zero-order chi connectivity index (χ0) is 15.5. The maximum atomic E-state index is 12.9. The fraction of sp³-hybridized carbons (Fsp3) is 0.529. The Morgan fingerprint density at radius 2 is 2.09 bits per heavy atom. The van der Waals surface area contributed by atoms with Gasteiger partial charge in [0.25, 0.3) is 5.56 Å². The first-order valence-electron chi connectivity index (χ1n) is 7.99. The second kappa shape index (κ2) is 6.48. The van der Waals surface area contributed by atoms with Gasteiger partial charge in [-0.15, -0.1) is 0 Å². The van der Waals surface area contributed by atoms with E-state index in [4.69, 9.17) is 10.5 Å². The van der Waals surface area contributed by atoms with Crippen LogP contribution in [0.15, 0.2) is 23.3 Å². The van der Waals surface area contributed by atoms with Crippen LogP contribution >= 0.6 is 0 Å². The number of ether oxygens (including phenoxy) is 1. The molecule has 0 spiro atoms. The summed E-state index contributed by atoms with van der Waals surface area (Å²) in [7, 11) is 1.63. The van der Waals surface area contributed by atoms with Crippen LogP contribution in [0, 0.1) is 0 Å². The number of methoxy groups -OCH3 is 1. The van der Waals surface area contributed by atoms with Crippen LogP contribution in [0.25, 0.3) is 10.9 Å². The number of fused-ring (bicyclic) bond motifs is 1. The second-order valence-corrected chi connectivity index (χ2v) is 6.03. The summed E-state index contributed by atoms with van der Waals surface area (Å²) in [5.41, 5.74) is 8.72. The molecule has 2 N–H and O–H groups in total. The van der Waals surface area contributed by atoms with Crippen molar-refractivity contribution in [3.8, 4) is 0 Å². The van der Waals surface area contributed by atoms with E-state index in [1.807, 2.05) is 12.1 Å². The minimum atomic E-state index is -0.00470. The summed E-state index contributed by atoms with van der Waals surface area (Å²) in [4.78, 5) is 17.3. The Bertz CT molecular complexity index is 718. The van der Waals surface area contributed by atoms with E-state index in [1.165, 1.54) is 19.3 Å². The van der Waals surface area contributed by atoms with E-state index in [-0.39, 0.29) is 5.56 Å². The van der Waals surface area contributed by atoms with Crippen molar-refractivity contribution in [2.45, 2.75) is 44.6 Å². The molecule has 0 atom stereocenters. The molecular weight excluding hydrogens is 278 g/mol. The van der Waals surface area contributed by atoms with Gasteiger partial charge in [-0.25, -0.2) is 4.98 Å². The molecule has 5 nitrogen and oxygen atoms in total. The summed E-state index contributed by atoms with van der Waals surface area (Å²) in [5, 5.41) is 0.700. The normalized spacial score (nSPS) is 16.2. The van der Waals surface area contributed by atoms with Crippen LogP contribution < -0.4 is 11.3 Å². The van der Waals surface area contributed by atoms with Gasteiger partial charge in [-0.1, -0.05) is 19.3 Å². The largest absolute Gasteiger partial charge is 0.398 e. The number of hydrogen-bond donors (Lipinski definition) is 1. The van der Waals surface area contributed by atoms with Gasteiger partial charge in [0.15, 0.2) is 0 Å². The summed E-state index contributed by atoms with van der Waals surface area (Å²) in [6.45, 7) is 1.01. The maximum Gasteiger partial charge on any atom is 0.261 e. The first-order valence-corrected chi connectivity index (χ1v) is 7.99. The Labute approximate surface area is 130 Å². The van der Waals surface area contributed by atoms with Crippen LogP contribution in [0.1, 0.15) is 43.6 Å². The molecule has 0 amide bonds. The second-order valence-electron chi connectivity index (χ2n) is 6.03. The van der Waals surface area contributed by atoms with Crippen molar-refractivity contribution in [1.29, 1.82) is 0 Å². The van der Waals surface area contributed by atoms with Gasteiger partial charge < -0.3 is 10.5 Å². The molecule has 1 heterocycles. The number of nitrogens with two attached hydrogens (primary N) is 1. The van der Waals surface area contributed by atoms with Crippen LogP contribution in [-0.4, -0.2) is 23.3 Å². The van der Waals surface area contributed by atoms with Crippen molar-refractivity contribution in [1.82, 2.24) is 9.55 Å². The molecule has 1 aliphatic carbocycles. The number of nitrogens with zero attached hydrogens (tertiary/aromatic N) is 2. The van der Waals surface area contributed by atoms with E-state index in [1.54, 1.807) is 18.0 Å². The molecule has 1 aliphatic rings. The van der Waals surface area contributed by atoms with Crippen molar-refractivity contribution < 1.29 is 4.74 Å². The summed E-state index contributed by atoms with van der Waals surface area (Å²) >= 11 is 0. The molecule has 3 rings (SSSR count). The topological polar surface area (TPSA) is 70.1 Å². The van der Waals surface area contributed by atoms with E-state index >= 15 is 0 Å². The summed E-state index contributed by atoms with van der Waals surface area (Å²) in [6, 6.07) is 3.73. The average Bonchev–Trinajstić information content (AvgIpc) is 2.55. The lowest BCUT2D eigenvalue weighted by atomic mass is 9.82. The molecule has 1 saturated carbocycles. The van der Waals surface area contributed by atoms with Gasteiger partial charge in [-0.05, 0) is 36.5 Å². The highest BCUT2D eigenvalue weighted by molar-refractivity contribution is 5.86. The fourth-order valence-corrected chi connectivity index (χ4v) is 3.46. The predicted octanol–water partition coefficient (Wildman–Crippen LogP) is 2.67. The summed E-state index contributed by atoms with van der Waals surface area (Å²) in [5.74, 6) is 0.380. The van der Waals surface area contributed by atoms with Gasteiger partial charge in [0, 0.05) is 12.8 Å². The number of hydrogen-bond acceptors (Lipinski definition) is 4. The summed E-state index contributed by atoms with van der Waals surface area (Å²) < 4.78 is 6.69. The molecule has 1 fully saturated rings. The Morgan fingerprint density at radius 1 is 1.32 bits per heavy atom. The molecule has 22 heavy (non-hydrogen) atoms. The van der Waals surface area contributed by atoms with Gasteiger partial charge in [0.05, 0.1) is 30.4 Å². The SMILES string of the molecule is COCCn1cnc2ccc(N)c(C3CCCCC3)c2c1=O. The summed E-state index contributed by atoms with van der Waals surface area (Å²) in [6.07, 6.45) is 7.50. The highest BCUT2D eigenvalue weighted by Crippen LogP contribution is 2.38. The van der Waals surface area contributed by atoms with Crippen molar-refractivity contribution in [3.63, 3.8) is 0 Å². The van der Waals surface area contributed by atoms with Crippen LogP contribution in [0.3, 0.4) is 0 Å². The fourth-order valence-electron chi connectivity index (χ4n) is 3.46. The molecule has 0 aliphatic heterocycles. The standard InChI is InChI=1S/C17H23N3O2/c1-22-10-9-20-11-19-14-8-7-13(18)15(16(14)17(20)21)12-5-3-2-4-6-12/h7-8,11-12H,2-6,9-10,18H2,1H3. The molecule has 5 heteroatoms.